The molecule has 134 valence electrons. The summed E-state index contributed by atoms with van der Waals surface area (Å²) in [5.74, 6) is 0.251. The molecule has 0 bridgehead atoms. The second kappa shape index (κ2) is 7.70. The van der Waals surface area contributed by atoms with Gasteiger partial charge in [0.15, 0.2) is 0 Å². The molecule has 0 fully saturated rings. The van der Waals surface area contributed by atoms with Crippen molar-refractivity contribution >= 4 is 17.0 Å². The maximum atomic E-state index is 9.50. The van der Waals surface area contributed by atoms with Gasteiger partial charge < -0.3 is 5.11 Å². The Bertz CT molecular complexity index is 977. The number of hydrogen-bond donors (Lipinski definition) is 1. The Kier molecular flexibility index (Phi) is 5.38. The Morgan fingerprint density at radius 3 is 2.31 bits per heavy atom. The molecule has 0 spiro atoms. The van der Waals surface area contributed by atoms with Crippen molar-refractivity contribution in [1.82, 2.24) is 4.68 Å². The van der Waals surface area contributed by atoms with E-state index in [1.54, 1.807) is 23.5 Å². The molecule has 0 atom stereocenters. The molecule has 2 aromatic carbocycles. The number of rotatable bonds is 4. The van der Waals surface area contributed by atoms with Gasteiger partial charge in [-0.3, -0.25) is 4.99 Å². The molecular formula is C21H23N3OS. The fourth-order valence-corrected chi connectivity index (χ4v) is 3.50. The smallest absolute Gasteiger partial charge is 0.206 e. The number of thiazole rings is 1. The van der Waals surface area contributed by atoms with Crippen molar-refractivity contribution in [2.45, 2.75) is 33.7 Å². The van der Waals surface area contributed by atoms with E-state index in [0.717, 1.165) is 27.3 Å². The van der Waals surface area contributed by atoms with Crippen LogP contribution in [0.15, 0.2) is 64.0 Å². The molecule has 1 N–H and O–H groups in total. The molecule has 0 aliphatic heterocycles. The molecule has 0 aliphatic carbocycles. The lowest BCUT2D eigenvalue weighted by atomic mass is 10.1. The summed E-state index contributed by atoms with van der Waals surface area (Å²) in [6.45, 7) is 8.17. The van der Waals surface area contributed by atoms with E-state index in [2.05, 4.69) is 50.4 Å². The molecule has 0 unspecified atom stereocenters. The van der Waals surface area contributed by atoms with Crippen molar-refractivity contribution < 1.29 is 5.11 Å². The minimum Gasteiger partial charge on any atom is -0.508 e. The molecule has 0 aliphatic rings. The number of aromatic hydroxyl groups is 1. The van der Waals surface area contributed by atoms with E-state index in [9.17, 15) is 5.11 Å². The van der Waals surface area contributed by atoms with Crippen LogP contribution in [0.5, 0.6) is 5.75 Å². The summed E-state index contributed by atoms with van der Waals surface area (Å²) in [6.07, 6.45) is 0. The molecule has 5 heteroatoms. The summed E-state index contributed by atoms with van der Waals surface area (Å²) >= 11 is 1.59. The summed E-state index contributed by atoms with van der Waals surface area (Å²) in [4.78, 5) is 5.59. The third-order valence-corrected chi connectivity index (χ3v) is 4.77. The molecule has 0 amide bonds. The van der Waals surface area contributed by atoms with Crippen LogP contribution in [0.3, 0.4) is 0 Å². The maximum Gasteiger partial charge on any atom is 0.206 e. The van der Waals surface area contributed by atoms with Crippen molar-refractivity contribution in [2.75, 3.05) is 0 Å². The van der Waals surface area contributed by atoms with Crippen LogP contribution in [0.25, 0.3) is 11.3 Å². The minimum absolute atomic E-state index is 0.190. The van der Waals surface area contributed by atoms with E-state index >= 15 is 0 Å². The molecule has 4 nitrogen and oxygen atoms in total. The number of phenolic OH excluding ortho intramolecular Hbond substituents is 1. The van der Waals surface area contributed by atoms with E-state index in [4.69, 9.17) is 10.1 Å². The number of hydrogen-bond acceptors (Lipinski definition) is 4. The molecular weight excluding hydrogens is 342 g/mol. The highest BCUT2D eigenvalue weighted by Gasteiger charge is 2.09. The molecule has 0 saturated heterocycles. The van der Waals surface area contributed by atoms with E-state index in [1.165, 1.54) is 5.56 Å². The Morgan fingerprint density at radius 2 is 1.69 bits per heavy atom. The first-order valence-electron chi connectivity index (χ1n) is 8.60. The van der Waals surface area contributed by atoms with Gasteiger partial charge in [0.1, 0.15) is 5.75 Å². The molecule has 1 aromatic heterocycles. The average molecular weight is 366 g/mol. The fourth-order valence-electron chi connectivity index (χ4n) is 2.54. The predicted octanol–water partition coefficient (Wildman–Crippen LogP) is 4.81. The summed E-state index contributed by atoms with van der Waals surface area (Å²) in [7, 11) is 0. The Labute approximate surface area is 157 Å². The molecule has 1 heterocycles. The first-order valence-corrected chi connectivity index (χ1v) is 9.48. The van der Waals surface area contributed by atoms with Crippen LogP contribution in [0, 0.1) is 6.92 Å². The third-order valence-electron chi connectivity index (χ3n) is 3.94. The Balaban J connectivity index is 2.14. The van der Waals surface area contributed by atoms with E-state index in [0.29, 0.717) is 0 Å². The highest BCUT2D eigenvalue weighted by Crippen LogP contribution is 2.21. The normalized spacial score (nSPS) is 12.8. The van der Waals surface area contributed by atoms with Gasteiger partial charge in [-0.1, -0.05) is 29.8 Å². The van der Waals surface area contributed by atoms with Crippen molar-refractivity contribution in [3.05, 3.63) is 69.8 Å². The largest absolute Gasteiger partial charge is 0.508 e. The zero-order valence-electron chi connectivity index (χ0n) is 15.5. The summed E-state index contributed by atoms with van der Waals surface area (Å²) in [5, 5.41) is 16.4. The number of aryl methyl sites for hydroxylation is 1. The van der Waals surface area contributed by atoms with Gasteiger partial charge in [-0.05, 0) is 57.5 Å². The molecule has 0 radical (unpaired) electrons. The molecule has 0 saturated carbocycles. The number of benzene rings is 2. The van der Waals surface area contributed by atoms with Crippen molar-refractivity contribution in [1.29, 1.82) is 0 Å². The summed E-state index contributed by atoms with van der Waals surface area (Å²) in [5.41, 5.74) is 5.19. The van der Waals surface area contributed by atoms with Gasteiger partial charge in [-0.15, -0.1) is 11.3 Å². The molecule has 3 rings (SSSR count). The van der Waals surface area contributed by atoms with Gasteiger partial charge in [0, 0.05) is 17.0 Å². The number of nitrogens with zero attached hydrogens (tertiary/aromatic N) is 3. The Hall–Kier alpha value is -2.66. The van der Waals surface area contributed by atoms with Crippen molar-refractivity contribution in [3.63, 3.8) is 0 Å². The third kappa shape index (κ3) is 4.11. The highest BCUT2D eigenvalue weighted by atomic mass is 32.1. The van der Waals surface area contributed by atoms with E-state index in [-0.39, 0.29) is 11.8 Å². The number of phenols is 1. The topological polar surface area (TPSA) is 49.9 Å². The van der Waals surface area contributed by atoms with Crippen molar-refractivity contribution in [2.24, 2.45) is 10.1 Å². The van der Waals surface area contributed by atoms with E-state index < -0.39 is 0 Å². The Morgan fingerprint density at radius 1 is 1.04 bits per heavy atom. The van der Waals surface area contributed by atoms with Crippen LogP contribution in [-0.4, -0.2) is 21.5 Å². The quantitative estimate of drug-likeness (QED) is 0.663. The van der Waals surface area contributed by atoms with Crippen LogP contribution >= 0.6 is 11.3 Å². The zero-order valence-corrected chi connectivity index (χ0v) is 16.3. The first-order chi connectivity index (χ1) is 12.4. The molecule has 26 heavy (non-hydrogen) atoms. The van der Waals surface area contributed by atoms with Gasteiger partial charge >= 0.3 is 0 Å². The fraction of sp³-hybridized carbons (Fsp3) is 0.238. The van der Waals surface area contributed by atoms with Gasteiger partial charge in [-0.25, -0.2) is 4.68 Å². The lowest BCUT2D eigenvalue weighted by molar-refractivity contribution is 0.475. The maximum absolute atomic E-state index is 9.50. The lowest BCUT2D eigenvalue weighted by Gasteiger charge is -2.07. The summed E-state index contributed by atoms with van der Waals surface area (Å²) in [6, 6.07) is 15.7. The van der Waals surface area contributed by atoms with Gasteiger partial charge in [-0.2, -0.15) is 5.10 Å². The lowest BCUT2D eigenvalue weighted by Crippen LogP contribution is -2.16. The van der Waals surface area contributed by atoms with Crippen LogP contribution in [0.2, 0.25) is 0 Å². The monoisotopic (exact) mass is 365 g/mol. The predicted molar refractivity (Wildman–Crippen MR) is 109 cm³/mol. The van der Waals surface area contributed by atoms with E-state index in [1.807, 2.05) is 23.7 Å². The van der Waals surface area contributed by atoms with Gasteiger partial charge in [0.05, 0.1) is 11.4 Å². The minimum atomic E-state index is 0.190. The second-order valence-electron chi connectivity index (χ2n) is 6.54. The van der Waals surface area contributed by atoms with Crippen LogP contribution in [0.4, 0.5) is 0 Å². The van der Waals surface area contributed by atoms with Crippen LogP contribution in [-0.2, 0) is 0 Å². The van der Waals surface area contributed by atoms with Crippen LogP contribution in [0.1, 0.15) is 31.9 Å². The summed E-state index contributed by atoms with van der Waals surface area (Å²) < 4.78 is 1.91. The first kappa shape index (κ1) is 18.1. The zero-order chi connectivity index (χ0) is 18.7. The standard InChI is InChI=1S/C21H23N3OS/c1-14(2)22-21-24(23-16(4)17-9-11-19(25)12-10-17)20(13-26-21)18-7-5-15(3)6-8-18/h5-14,25H,1-4H3. The van der Waals surface area contributed by atoms with Gasteiger partial charge in [0.25, 0.3) is 0 Å². The van der Waals surface area contributed by atoms with Crippen LogP contribution < -0.4 is 4.80 Å². The number of aromatic nitrogens is 1. The van der Waals surface area contributed by atoms with Crippen molar-refractivity contribution in [3.8, 4) is 17.0 Å². The van der Waals surface area contributed by atoms with Gasteiger partial charge in [0.2, 0.25) is 4.80 Å². The average Bonchev–Trinajstić information content (AvgIpc) is 2.98. The SMILES string of the molecule is CC(=Nn1c(-c2ccc(C)cc2)csc1=NC(C)C)c1ccc(O)cc1. The molecule has 3 aromatic rings. The second-order valence-corrected chi connectivity index (χ2v) is 7.37. The highest BCUT2D eigenvalue weighted by molar-refractivity contribution is 7.07.